The normalized spacial score (nSPS) is 12.8. The van der Waals surface area contributed by atoms with Crippen LogP contribution in [-0.4, -0.2) is 17.8 Å². The third kappa shape index (κ3) is 3.90. The van der Waals surface area contributed by atoms with Gasteiger partial charge in [0, 0.05) is 6.54 Å². The topological polar surface area (TPSA) is 46.2 Å². The summed E-state index contributed by atoms with van der Waals surface area (Å²) in [6.45, 7) is 2.45. The second kappa shape index (κ2) is 5.78. The van der Waals surface area contributed by atoms with Crippen LogP contribution in [0.1, 0.15) is 24.0 Å². The molecule has 0 heterocycles. The van der Waals surface area contributed by atoms with Crippen LogP contribution in [-0.2, 0) is 6.42 Å². The van der Waals surface area contributed by atoms with E-state index >= 15 is 0 Å². The van der Waals surface area contributed by atoms with Gasteiger partial charge in [-0.1, -0.05) is 29.8 Å². The summed E-state index contributed by atoms with van der Waals surface area (Å²) in [6, 6.07) is 8.53. The second-order valence-electron chi connectivity index (χ2n) is 3.77. The zero-order valence-electron chi connectivity index (χ0n) is 8.74. The molecule has 0 aliphatic carbocycles. The number of hydrogen-bond donors (Lipinski definition) is 2. The van der Waals surface area contributed by atoms with Crippen LogP contribution in [0.3, 0.4) is 0 Å². The van der Waals surface area contributed by atoms with Crippen molar-refractivity contribution < 1.29 is 5.11 Å². The minimum atomic E-state index is -0.333. The number of aliphatic hydroxyl groups excluding tert-OH is 1. The maximum absolute atomic E-state index is 9.26. The van der Waals surface area contributed by atoms with Gasteiger partial charge in [-0.3, -0.25) is 0 Å². The Labute approximate surface area is 85.8 Å². The molecular formula is C12H19NO. The van der Waals surface area contributed by atoms with Gasteiger partial charge in [0.05, 0.1) is 6.10 Å². The fraction of sp³-hybridized carbons (Fsp3) is 0.500. The van der Waals surface area contributed by atoms with E-state index in [1.807, 2.05) is 0 Å². The summed E-state index contributed by atoms with van der Waals surface area (Å²) in [5.74, 6) is 0. The first kappa shape index (κ1) is 11.2. The zero-order chi connectivity index (χ0) is 10.4. The fourth-order valence-corrected chi connectivity index (χ4v) is 1.41. The van der Waals surface area contributed by atoms with Crippen LogP contribution in [0.5, 0.6) is 0 Å². The molecule has 1 atom stereocenters. The van der Waals surface area contributed by atoms with Crippen LogP contribution in [0, 0.1) is 6.92 Å². The zero-order valence-corrected chi connectivity index (χ0v) is 8.74. The van der Waals surface area contributed by atoms with Gasteiger partial charge in [-0.25, -0.2) is 0 Å². The smallest absolute Gasteiger partial charge is 0.0662 e. The van der Waals surface area contributed by atoms with Gasteiger partial charge < -0.3 is 10.8 Å². The number of hydrogen-bond acceptors (Lipinski definition) is 2. The van der Waals surface area contributed by atoms with Crippen molar-refractivity contribution in [2.45, 2.75) is 32.3 Å². The van der Waals surface area contributed by atoms with Gasteiger partial charge in [0.15, 0.2) is 0 Å². The molecule has 0 amide bonds. The molecule has 0 radical (unpaired) electrons. The molecule has 1 rings (SSSR count). The lowest BCUT2D eigenvalue weighted by Gasteiger charge is -2.06. The summed E-state index contributed by atoms with van der Waals surface area (Å²) in [5.41, 5.74) is 7.94. The van der Waals surface area contributed by atoms with Crippen molar-refractivity contribution in [2.24, 2.45) is 5.73 Å². The van der Waals surface area contributed by atoms with Gasteiger partial charge in [0.1, 0.15) is 0 Å². The first-order valence-electron chi connectivity index (χ1n) is 5.16. The maximum atomic E-state index is 9.26. The van der Waals surface area contributed by atoms with E-state index in [0.29, 0.717) is 6.54 Å². The monoisotopic (exact) mass is 193 g/mol. The Morgan fingerprint density at radius 1 is 1.29 bits per heavy atom. The van der Waals surface area contributed by atoms with Gasteiger partial charge >= 0.3 is 0 Å². The van der Waals surface area contributed by atoms with E-state index in [9.17, 15) is 5.11 Å². The summed E-state index contributed by atoms with van der Waals surface area (Å²) in [7, 11) is 0. The lowest BCUT2D eigenvalue weighted by atomic mass is 10.0. The van der Waals surface area contributed by atoms with E-state index in [4.69, 9.17) is 5.73 Å². The van der Waals surface area contributed by atoms with Crippen LogP contribution >= 0.6 is 0 Å². The fourth-order valence-electron chi connectivity index (χ4n) is 1.41. The molecule has 0 saturated heterocycles. The maximum Gasteiger partial charge on any atom is 0.0662 e. The summed E-state index contributed by atoms with van der Waals surface area (Å²) in [6.07, 6.45) is 2.49. The highest BCUT2D eigenvalue weighted by molar-refractivity contribution is 5.21. The first-order valence-corrected chi connectivity index (χ1v) is 5.16. The largest absolute Gasteiger partial charge is 0.392 e. The molecule has 78 valence electrons. The van der Waals surface area contributed by atoms with Gasteiger partial charge in [-0.15, -0.1) is 0 Å². The molecule has 0 aliphatic heterocycles. The Morgan fingerprint density at radius 2 is 1.93 bits per heavy atom. The molecule has 0 bridgehead atoms. The molecule has 0 aliphatic rings. The van der Waals surface area contributed by atoms with Crippen molar-refractivity contribution >= 4 is 0 Å². The molecule has 0 fully saturated rings. The molecule has 1 aromatic carbocycles. The van der Waals surface area contributed by atoms with Gasteiger partial charge in [-0.2, -0.15) is 0 Å². The predicted octanol–water partition coefficient (Wildman–Crippen LogP) is 1.64. The van der Waals surface area contributed by atoms with Gasteiger partial charge in [0.25, 0.3) is 0 Å². The van der Waals surface area contributed by atoms with Crippen molar-refractivity contribution in [3.8, 4) is 0 Å². The van der Waals surface area contributed by atoms with Crippen molar-refractivity contribution in [2.75, 3.05) is 6.54 Å². The van der Waals surface area contributed by atoms with Crippen molar-refractivity contribution in [3.05, 3.63) is 35.4 Å². The van der Waals surface area contributed by atoms with E-state index in [1.165, 1.54) is 11.1 Å². The Bertz CT molecular complexity index is 256. The van der Waals surface area contributed by atoms with E-state index < -0.39 is 0 Å². The second-order valence-corrected chi connectivity index (χ2v) is 3.77. The molecule has 1 aromatic rings. The van der Waals surface area contributed by atoms with E-state index in [0.717, 1.165) is 19.3 Å². The highest BCUT2D eigenvalue weighted by atomic mass is 16.3. The standard InChI is InChI=1S/C12H19NO/c1-10-5-7-11(8-6-10)3-2-4-12(14)9-13/h5-8,12,14H,2-4,9,13H2,1H3. The van der Waals surface area contributed by atoms with Crippen LogP contribution < -0.4 is 5.73 Å². The van der Waals surface area contributed by atoms with Crippen molar-refractivity contribution in [1.82, 2.24) is 0 Å². The summed E-state index contributed by atoms with van der Waals surface area (Å²) in [4.78, 5) is 0. The number of aryl methyl sites for hydroxylation is 2. The molecule has 0 saturated carbocycles. The Balaban J connectivity index is 2.28. The third-order valence-corrected chi connectivity index (χ3v) is 2.40. The van der Waals surface area contributed by atoms with Gasteiger partial charge in [-0.05, 0) is 31.7 Å². The average Bonchev–Trinajstić information content (AvgIpc) is 2.21. The summed E-state index contributed by atoms with van der Waals surface area (Å²) in [5, 5.41) is 9.26. The highest BCUT2D eigenvalue weighted by Crippen LogP contribution is 2.08. The molecule has 0 spiro atoms. The molecule has 1 unspecified atom stereocenters. The SMILES string of the molecule is Cc1ccc(CCCC(O)CN)cc1. The van der Waals surface area contributed by atoms with Crippen LogP contribution in [0.25, 0.3) is 0 Å². The Morgan fingerprint density at radius 3 is 2.50 bits per heavy atom. The molecule has 0 aromatic heterocycles. The number of aliphatic hydroxyl groups is 1. The third-order valence-electron chi connectivity index (χ3n) is 2.40. The molecular weight excluding hydrogens is 174 g/mol. The molecule has 2 heteroatoms. The number of nitrogens with two attached hydrogens (primary N) is 1. The van der Waals surface area contributed by atoms with Gasteiger partial charge in [0.2, 0.25) is 0 Å². The van der Waals surface area contributed by atoms with Crippen LogP contribution in [0.2, 0.25) is 0 Å². The molecule has 14 heavy (non-hydrogen) atoms. The summed E-state index contributed by atoms with van der Waals surface area (Å²) >= 11 is 0. The van der Waals surface area contributed by atoms with Crippen molar-refractivity contribution in [3.63, 3.8) is 0 Å². The van der Waals surface area contributed by atoms with Crippen LogP contribution in [0.4, 0.5) is 0 Å². The molecule has 3 N–H and O–H groups in total. The van der Waals surface area contributed by atoms with E-state index in [2.05, 4.69) is 31.2 Å². The lowest BCUT2D eigenvalue weighted by molar-refractivity contribution is 0.170. The Hall–Kier alpha value is -0.860. The Kier molecular flexibility index (Phi) is 4.63. The van der Waals surface area contributed by atoms with Crippen molar-refractivity contribution in [1.29, 1.82) is 0 Å². The quantitative estimate of drug-likeness (QED) is 0.746. The molecule has 2 nitrogen and oxygen atoms in total. The average molecular weight is 193 g/mol. The minimum absolute atomic E-state index is 0.333. The lowest BCUT2D eigenvalue weighted by Crippen LogP contribution is -2.19. The van der Waals surface area contributed by atoms with Crippen LogP contribution in [0.15, 0.2) is 24.3 Å². The number of benzene rings is 1. The predicted molar refractivity (Wildman–Crippen MR) is 59.2 cm³/mol. The van der Waals surface area contributed by atoms with E-state index in [1.54, 1.807) is 0 Å². The van der Waals surface area contributed by atoms with E-state index in [-0.39, 0.29) is 6.10 Å². The summed E-state index contributed by atoms with van der Waals surface area (Å²) < 4.78 is 0. The number of rotatable bonds is 5. The first-order chi connectivity index (χ1) is 6.72. The highest BCUT2D eigenvalue weighted by Gasteiger charge is 2.00. The minimum Gasteiger partial charge on any atom is -0.392 e.